The summed E-state index contributed by atoms with van der Waals surface area (Å²) in [5.41, 5.74) is 0.558. The normalized spacial score (nSPS) is 10.4. The van der Waals surface area contributed by atoms with Crippen LogP contribution in [0.2, 0.25) is 5.02 Å². The van der Waals surface area contributed by atoms with Gasteiger partial charge in [-0.2, -0.15) is 9.37 Å². The predicted octanol–water partition coefficient (Wildman–Crippen LogP) is 3.77. The number of methoxy groups -OCH3 is 1. The number of hydrogen-bond donors (Lipinski definition) is 1. The van der Waals surface area contributed by atoms with Gasteiger partial charge in [0, 0.05) is 23.2 Å². The van der Waals surface area contributed by atoms with Gasteiger partial charge >= 0.3 is 0 Å². The SMILES string of the molecule is COc1cccc(Cl)c1CNc1nc(F)c(F)cc1F. The molecule has 0 radical (unpaired) electrons. The fraction of sp³-hybridized carbons (Fsp3) is 0.154. The van der Waals surface area contributed by atoms with Crippen LogP contribution < -0.4 is 10.1 Å². The van der Waals surface area contributed by atoms with Crippen LogP contribution in [0.3, 0.4) is 0 Å². The Hall–Kier alpha value is -1.95. The van der Waals surface area contributed by atoms with Gasteiger partial charge in [0.15, 0.2) is 17.5 Å². The average molecular weight is 303 g/mol. The van der Waals surface area contributed by atoms with Crippen LogP contribution in [0.25, 0.3) is 0 Å². The standard InChI is InChI=1S/C13H10ClF3N2O/c1-20-11-4-2-3-8(14)7(11)6-18-13-10(16)5-9(15)12(17)19-13/h2-5H,6H2,1H3,(H,18,19). The average Bonchev–Trinajstić information content (AvgIpc) is 2.42. The highest BCUT2D eigenvalue weighted by atomic mass is 35.5. The molecule has 0 aliphatic heterocycles. The minimum Gasteiger partial charge on any atom is -0.496 e. The zero-order chi connectivity index (χ0) is 14.7. The van der Waals surface area contributed by atoms with E-state index >= 15 is 0 Å². The van der Waals surface area contributed by atoms with E-state index in [1.54, 1.807) is 18.2 Å². The lowest BCUT2D eigenvalue weighted by Crippen LogP contribution is -2.07. The zero-order valence-corrected chi connectivity index (χ0v) is 11.1. The first-order chi connectivity index (χ1) is 9.52. The third-order valence-electron chi connectivity index (χ3n) is 2.62. The Kier molecular flexibility index (Phi) is 4.34. The summed E-state index contributed by atoms with van der Waals surface area (Å²) in [6.45, 7) is 0.0534. The predicted molar refractivity (Wildman–Crippen MR) is 69.4 cm³/mol. The van der Waals surface area contributed by atoms with Gasteiger partial charge in [-0.05, 0) is 12.1 Å². The van der Waals surface area contributed by atoms with Gasteiger partial charge in [-0.3, -0.25) is 0 Å². The Morgan fingerprint density at radius 2 is 2.00 bits per heavy atom. The van der Waals surface area contributed by atoms with Crippen LogP contribution in [0.4, 0.5) is 19.0 Å². The number of halogens is 4. The minimum atomic E-state index is -1.37. The molecule has 1 aromatic carbocycles. The summed E-state index contributed by atoms with van der Waals surface area (Å²) in [5.74, 6) is -3.61. The molecule has 0 aliphatic carbocycles. The first kappa shape index (κ1) is 14.5. The molecule has 0 bridgehead atoms. The van der Waals surface area contributed by atoms with Gasteiger partial charge in [-0.1, -0.05) is 17.7 Å². The second kappa shape index (κ2) is 6.00. The monoisotopic (exact) mass is 302 g/mol. The molecule has 0 amide bonds. The van der Waals surface area contributed by atoms with Crippen molar-refractivity contribution in [1.82, 2.24) is 4.98 Å². The molecule has 1 aromatic heterocycles. The highest BCUT2D eigenvalue weighted by molar-refractivity contribution is 6.31. The fourth-order valence-electron chi connectivity index (χ4n) is 1.64. The number of anilines is 1. The molecule has 0 unspecified atom stereocenters. The molecule has 0 saturated carbocycles. The molecule has 1 N–H and O–H groups in total. The van der Waals surface area contributed by atoms with Gasteiger partial charge in [0.2, 0.25) is 0 Å². The highest BCUT2D eigenvalue weighted by Gasteiger charge is 2.13. The quantitative estimate of drug-likeness (QED) is 0.873. The molecule has 106 valence electrons. The van der Waals surface area contributed by atoms with Crippen LogP contribution in [0, 0.1) is 17.6 Å². The molecule has 0 spiro atoms. The summed E-state index contributed by atoms with van der Waals surface area (Å²) in [6, 6.07) is 5.43. The molecular weight excluding hydrogens is 293 g/mol. The molecule has 20 heavy (non-hydrogen) atoms. The zero-order valence-electron chi connectivity index (χ0n) is 10.4. The molecule has 0 aliphatic rings. The van der Waals surface area contributed by atoms with Gasteiger partial charge in [0.05, 0.1) is 7.11 Å². The Morgan fingerprint density at radius 1 is 1.25 bits per heavy atom. The molecule has 3 nitrogen and oxygen atoms in total. The lowest BCUT2D eigenvalue weighted by atomic mass is 10.2. The number of pyridine rings is 1. The van der Waals surface area contributed by atoms with E-state index in [9.17, 15) is 13.2 Å². The smallest absolute Gasteiger partial charge is 0.251 e. The third kappa shape index (κ3) is 2.96. The summed E-state index contributed by atoms with van der Waals surface area (Å²) in [7, 11) is 1.46. The molecule has 7 heteroatoms. The number of ether oxygens (including phenoxy) is 1. The number of aromatic nitrogens is 1. The number of nitrogens with one attached hydrogen (secondary N) is 1. The van der Waals surface area contributed by atoms with Crippen LogP contribution in [-0.4, -0.2) is 12.1 Å². The second-order valence-electron chi connectivity index (χ2n) is 3.87. The van der Waals surface area contributed by atoms with Gasteiger partial charge in [0.25, 0.3) is 5.95 Å². The summed E-state index contributed by atoms with van der Waals surface area (Å²) in [5, 5.41) is 2.96. The summed E-state index contributed by atoms with van der Waals surface area (Å²) < 4.78 is 44.3. The van der Waals surface area contributed by atoms with E-state index in [0.29, 0.717) is 22.4 Å². The molecule has 0 saturated heterocycles. The van der Waals surface area contributed by atoms with E-state index in [-0.39, 0.29) is 6.54 Å². The van der Waals surface area contributed by atoms with E-state index in [4.69, 9.17) is 16.3 Å². The summed E-state index contributed by atoms with van der Waals surface area (Å²) >= 11 is 6.00. The van der Waals surface area contributed by atoms with Crippen LogP contribution in [-0.2, 0) is 6.54 Å². The van der Waals surface area contributed by atoms with Crippen molar-refractivity contribution in [3.63, 3.8) is 0 Å². The van der Waals surface area contributed by atoms with Crippen molar-refractivity contribution in [2.75, 3.05) is 12.4 Å². The van der Waals surface area contributed by atoms with E-state index < -0.39 is 23.4 Å². The number of nitrogens with zero attached hydrogens (tertiary/aromatic N) is 1. The molecule has 1 heterocycles. The van der Waals surface area contributed by atoms with Crippen molar-refractivity contribution in [2.24, 2.45) is 0 Å². The van der Waals surface area contributed by atoms with E-state index in [1.165, 1.54) is 7.11 Å². The highest BCUT2D eigenvalue weighted by Crippen LogP contribution is 2.27. The van der Waals surface area contributed by atoms with Crippen LogP contribution >= 0.6 is 11.6 Å². The molecule has 2 rings (SSSR count). The number of benzene rings is 1. The lowest BCUT2D eigenvalue weighted by molar-refractivity contribution is 0.410. The van der Waals surface area contributed by atoms with Crippen molar-refractivity contribution in [2.45, 2.75) is 6.54 Å². The first-order valence-corrected chi connectivity index (χ1v) is 5.97. The molecular formula is C13H10ClF3N2O. The van der Waals surface area contributed by atoms with Crippen LogP contribution in [0.5, 0.6) is 5.75 Å². The minimum absolute atomic E-state index is 0.0534. The third-order valence-corrected chi connectivity index (χ3v) is 2.97. The maximum Gasteiger partial charge on any atom is 0.251 e. The maximum absolute atomic E-state index is 13.4. The topological polar surface area (TPSA) is 34.1 Å². The number of rotatable bonds is 4. The van der Waals surface area contributed by atoms with E-state index in [0.717, 1.165) is 0 Å². The van der Waals surface area contributed by atoms with Crippen molar-refractivity contribution < 1.29 is 17.9 Å². The Bertz CT molecular complexity index is 637. The van der Waals surface area contributed by atoms with Gasteiger partial charge in [-0.25, -0.2) is 8.78 Å². The largest absolute Gasteiger partial charge is 0.496 e. The Balaban J connectivity index is 2.23. The maximum atomic E-state index is 13.4. The molecule has 0 fully saturated rings. The lowest BCUT2D eigenvalue weighted by Gasteiger charge is -2.12. The Morgan fingerprint density at radius 3 is 2.70 bits per heavy atom. The summed E-state index contributed by atoms with van der Waals surface area (Å²) in [6.07, 6.45) is 0. The van der Waals surface area contributed by atoms with Crippen molar-refractivity contribution in [3.8, 4) is 5.75 Å². The molecule has 0 atom stereocenters. The first-order valence-electron chi connectivity index (χ1n) is 5.59. The van der Waals surface area contributed by atoms with Crippen LogP contribution in [0.1, 0.15) is 5.56 Å². The Labute approximate surface area is 118 Å². The van der Waals surface area contributed by atoms with Crippen LogP contribution in [0.15, 0.2) is 24.3 Å². The fourth-order valence-corrected chi connectivity index (χ4v) is 1.87. The van der Waals surface area contributed by atoms with Gasteiger partial charge in [0.1, 0.15) is 5.75 Å². The summed E-state index contributed by atoms with van der Waals surface area (Å²) in [4.78, 5) is 3.16. The van der Waals surface area contributed by atoms with E-state index in [1.807, 2.05) is 0 Å². The van der Waals surface area contributed by atoms with E-state index in [2.05, 4.69) is 10.3 Å². The van der Waals surface area contributed by atoms with Gasteiger partial charge < -0.3 is 10.1 Å². The van der Waals surface area contributed by atoms with Crippen molar-refractivity contribution >= 4 is 17.4 Å². The second-order valence-corrected chi connectivity index (χ2v) is 4.27. The number of hydrogen-bond acceptors (Lipinski definition) is 3. The molecule has 2 aromatic rings. The van der Waals surface area contributed by atoms with Gasteiger partial charge in [-0.15, -0.1) is 0 Å². The van der Waals surface area contributed by atoms with Crippen molar-refractivity contribution in [3.05, 3.63) is 52.4 Å². The van der Waals surface area contributed by atoms with Crippen molar-refractivity contribution in [1.29, 1.82) is 0 Å².